The Kier molecular flexibility index (Phi) is 11.1. The minimum Gasteiger partial charge on any atom is -0.493 e. The van der Waals surface area contributed by atoms with Crippen LogP contribution < -0.4 is 4.74 Å². The van der Waals surface area contributed by atoms with Gasteiger partial charge in [0.2, 0.25) is 0 Å². The van der Waals surface area contributed by atoms with E-state index < -0.39 is 0 Å². The summed E-state index contributed by atoms with van der Waals surface area (Å²) in [5.41, 5.74) is 9.32. The highest BCUT2D eigenvalue weighted by molar-refractivity contribution is 5.72. The maximum absolute atomic E-state index is 6.42. The highest BCUT2D eigenvalue weighted by atomic mass is 16.5. The molecule has 39 heavy (non-hydrogen) atoms. The lowest BCUT2D eigenvalue weighted by Crippen LogP contribution is -2.12. The van der Waals surface area contributed by atoms with E-state index in [1.54, 1.807) is 0 Å². The lowest BCUT2D eigenvalue weighted by Gasteiger charge is -2.26. The van der Waals surface area contributed by atoms with Crippen LogP contribution in [0.15, 0.2) is 60.7 Å². The number of benzene rings is 3. The fourth-order valence-corrected chi connectivity index (χ4v) is 6.36. The summed E-state index contributed by atoms with van der Waals surface area (Å²) in [7, 11) is 0. The van der Waals surface area contributed by atoms with Gasteiger partial charge in [0.15, 0.2) is 0 Å². The fourth-order valence-electron chi connectivity index (χ4n) is 6.36. The average Bonchev–Trinajstić information content (AvgIpc) is 2.99. The van der Waals surface area contributed by atoms with Crippen molar-refractivity contribution < 1.29 is 4.74 Å². The van der Waals surface area contributed by atoms with Crippen LogP contribution in [0.2, 0.25) is 0 Å². The van der Waals surface area contributed by atoms with E-state index in [0.717, 1.165) is 49.4 Å². The summed E-state index contributed by atoms with van der Waals surface area (Å²) in [5, 5.41) is 0. The van der Waals surface area contributed by atoms with Crippen molar-refractivity contribution in [1.29, 1.82) is 0 Å². The molecule has 0 amide bonds. The Morgan fingerprint density at radius 2 is 1.21 bits per heavy atom. The van der Waals surface area contributed by atoms with Crippen LogP contribution in [-0.4, -0.2) is 6.61 Å². The van der Waals surface area contributed by atoms with Crippen LogP contribution in [0.1, 0.15) is 103 Å². The van der Waals surface area contributed by atoms with E-state index in [1.807, 2.05) is 0 Å². The Hall–Kier alpha value is -2.54. The van der Waals surface area contributed by atoms with Crippen LogP contribution in [0.5, 0.6) is 5.75 Å². The van der Waals surface area contributed by atoms with E-state index >= 15 is 0 Å². The van der Waals surface area contributed by atoms with Gasteiger partial charge in [-0.25, -0.2) is 0 Å². The highest BCUT2D eigenvalue weighted by Crippen LogP contribution is 2.34. The SMILES string of the molecule is CCc1cc(-c2ccc(-c3ccc(CCC4CCC(C)CC4)cc3)cc2)cc(CC)c1OCCC(CC)CC. The molecule has 0 spiro atoms. The highest BCUT2D eigenvalue weighted by Gasteiger charge is 2.18. The molecule has 210 valence electrons. The van der Waals surface area contributed by atoms with Gasteiger partial charge in [0.05, 0.1) is 6.61 Å². The third-order valence-electron chi connectivity index (χ3n) is 9.41. The summed E-state index contributed by atoms with van der Waals surface area (Å²) in [5.74, 6) is 3.77. The van der Waals surface area contributed by atoms with E-state index in [1.165, 1.54) is 90.3 Å². The second-order valence-electron chi connectivity index (χ2n) is 12.1. The molecule has 1 aliphatic rings. The van der Waals surface area contributed by atoms with Gasteiger partial charge < -0.3 is 4.74 Å². The van der Waals surface area contributed by atoms with E-state index in [0.29, 0.717) is 0 Å². The van der Waals surface area contributed by atoms with Crippen molar-refractivity contribution in [3.63, 3.8) is 0 Å². The predicted octanol–water partition coefficient (Wildman–Crippen LogP) is 11.1. The number of rotatable bonds is 13. The smallest absolute Gasteiger partial charge is 0.125 e. The molecule has 1 aliphatic carbocycles. The number of ether oxygens (including phenoxy) is 1. The summed E-state index contributed by atoms with van der Waals surface area (Å²) in [6, 6.07) is 23.1. The first-order valence-corrected chi connectivity index (χ1v) is 16.0. The van der Waals surface area contributed by atoms with Gasteiger partial charge in [-0.15, -0.1) is 0 Å². The van der Waals surface area contributed by atoms with Gasteiger partial charge in [-0.05, 0) is 101 Å². The molecule has 0 N–H and O–H groups in total. The average molecular weight is 525 g/mol. The molecular formula is C38H52O. The van der Waals surface area contributed by atoms with E-state index in [-0.39, 0.29) is 0 Å². The zero-order valence-electron chi connectivity index (χ0n) is 25.4. The fraction of sp³-hybridized carbons (Fsp3) is 0.526. The molecule has 0 aliphatic heterocycles. The summed E-state index contributed by atoms with van der Waals surface area (Å²) in [6.45, 7) is 12.3. The van der Waals surface area contributed by atoms with Crippen LogP contribution in [0.25, 0.3) is 22.3 Å². The molecule has 1 heteroatoms. The Labute approximate surface area is 239 Å². The first-order chi connectivity index (χ1) is 19.0. The first kappa shape index (κ1) is 29.4. The monoisotopic (exact) mass is 524 g/mol. The Morgan fingerprint density at radius 3 is 1.72 bits per heavy atom. The van der Waals surface area contributed by atoms with Crippen LogP contribution in [0, 0.1) is 17.8 Å². The summed E-state index contributed by atoms with van der Waals surface area (Å²) >= 11 is 0. The Balaban J connectivity index is 1.41. The molecule has 0 heterocycles. The molecule has 0 radical (unpaired) electrons. The molecule has 3 aromatic rings. The van der Waals surface area contributed by atoms with Crippen LogP contribution in [-0.2, 0) is 19.3 Å². The van der Waals surface area contributed by atoms with Crippen molar-refractivity contribution in [3.8, 4) is 28.0 Å². The van der Waals surface area contributed by atoms with Crippen molar-refractivity contribution in [1.82, 2.24) is 0 Å². The second-order valence-corrected chi connectivity index (χ2v) is 12.1. The van der Waals surface area contributed by atoms with E-state index in [4.69, 9.17) is 4.74 Å². The lowest BCUT2D eigenvalue weighted by atomic mass is 9.80. The quantitative estimate of drug-likeness (QED) is 0.216. The molecule has 4 rings (SSSR count). The van der Waals surface area contributed by atoms with E-state index in [9.17, 15) is 0 Å². The standard InChI is InChI=1S/C38H52O/c1-6-29(7-2)24-25-39-38-32(8-3)26-37(27-33(38)9-4)36-22-20-35(21-23-36)34-18-16-31(17-19-34)15-14-30-12-10-28(5)11-13-30/h16-23,26-30H,6-15,24-25H2,1-5H3. The van der Waals surface area contributed by atoms with Crippen molar-refractivity contribution in [2.45, 2.75) is 105 Å². The maximum atomic E-state index is 6.42. The molecule has 1 fully saturated rings. The van der Waals surface area contributed by atoms with Gasteiger partial charge in [0.25, 0.3) is 0 Å². The zero-order valence-corrected chi connectivity index (χ0v) is 25.4. The minimum atomic E-state index is 0.764. The van der Waals surface area contributed by atoms with Gasteiger partial charge in [-0.2, -0.15) is 0 Å². The van der Waals surface area contributed by atoms with Gasteiger partial charge >= 0.3 is 0 Å². The second kappa shape index (κ2) is 14.7. The van der Waals surface area contributed by atoms with Gasteiger partial charge in [0.1, 0.15) is 5.75 Å². The number of hydrogen-bond donors (Lipinski definition) is 0. The van der Waals surface area contributed by atoms with Crippen LogP contribution in [0.3, 0.4) is 0 Å². The Bertz CT molecular complexity index is 1100. The first-order valence-electron chi connectivity index (χ1n) is 16.0. The molecule has 3 aromatic carbocycles. The van der Waals surface area contributed by atoms with Gasteiger partial charge in [-0.3, -0.25) is 0 Å². The zero-order chi connectivity index (χ0) is 27.6. The molecule has 0 atom stereocenters. The normalized spacial score (nSPS) is 17.5. The molecule has 1 nitrogen and oxygen atoms in total. The lowest BCUT2D eigenvalue weighted by molar-refractivity contribution is 0.268. The van der Waals surface area contributed by atoms with Gasteiger partial charge in [-0.1, -0.05) is 122 Å². The third-order valence-corrected chi connectivity index (χ3v) is 9.41. The molecule has 1 saturated carbocycles. The van der Waals surface area contributed by atoms with Crippen LogP contribution in [0.4, 0.5) is 0 Å². The minimum absolute atomic E-state index is 0.764. The van der Waals surface area contributed by atoms with Gasteiger partial charge in [0, 0.05) is 0 Å². The van der Waals surface area contributed by atoms with Crippen molar-refractivity contribution in [2.75, 3.05) is 6.61 Å². The third kappa shape index (κ3) is 8.00. The van der Waals surface area contributed by atoms with E-state index in [2.05, 4.69) is 95.3 Å². The summed E-state index contributed by atoms with van der Waals surface area (Å²) < 4.78 is 6.42. The molecular weight excluding hydrogens is 472 g/mol. The maximum Gasteiger partial charge on any atom is 0.125 e. The summed E-state index contributed by atoms with van der Waals surface area (Å²) in [6.07, 6.45) is 13.9. The van der Waals surface area contributed by atoms with Crippen molar-refractivity contribution >= 4 is 0 Å². The molecule has 0 bridgehead atoms. The topological polar surface area (TPSA) is 9.23 Å². The van der Waals surface area contributed by atoms with Crippen LogP contribution >= 0.6 is 0 Å². The molecule has 0 unspecified atom stereocenters. The van der Waals surface area contributed by atoms with Crippen molar-refractivity contribution in [2.24, 2.45) is 17.8 Å². The summed E-state index contributed by atoms with van der Waals surface area (Å²) in [4.78, 5) is 0. The molecule has 0 aromatic heterocycles. The van der Waals surface area contributed by atoms with Crippen molar-refractivity contribution in [3.05, 3.63) is 77.4 Å². The number of hydrogen-bond acceptors (Lipinski definition) is 1. The largest absolute Gasteiger partial charge is 0.493 e. The number of aryl methyl sites for hydroxylation is 3. The Morgan fingerprint density at radius 1 is 0.692 bits per heavy atom. The predicted molar refractivity (Wildman–Crippen MR) is 170 cm³/mol. The molecule has 0 saturated heterocycles.